The number of epoxide rings is 1. The second kappa shape index (κ2) is 4.53. The summed E-state index contributed by atoms with van der Waals surface area (Å²) < 4.78 is 5.18. The van der Waals surface area contributed by atoms with Crippen LogP contribution in [0.2, 0.25) is 0 Å². The molecule has 0 bridgehead atoms. The molecule has 0 aliphatic carbocycles. The Labute approximate surface area is 84.7 Å². The van der Waals surface area contributed by atoms with E-state index in [1.807, 2.05) is 12.4 Å². The van der Waals surface area contributed by atoms with E-state index in [9.17, 15) is 0 Å². The molecule has 1 aromatic rings. The van der Waals surface area contributed by atoms with Gasteiger partial charge in [-0.25, -0.2) is 0 Å². The highest BCUT2D eigenvalue weighted by Gasteiger charge is 2.23. The average molecular weight is 192 g/mol. The average Bonchev–Trinajstić information content (AvgIpc) is 3.00. The Morgan fingerprint density at radius 3 is 2.86 bits per heavy atom. The Hall–Kier alpha value is -0.930. The first-order valence-corrected chi connectivity index (χ1v) is 5.03. The highest BCUT2D eigenvalue weighted by atomic mass is 16.6. The highest BCUT2D eigenvalue weighted by molar-refractivity contribution is 5.09. The summed E-state index contributed by atoms with van der Waals surface area (Å²) in [4.78, 5) is 6.31. The summed E-state index contributed by atoms with van der Waals surface area (Å²) in [5, 5.41) is 0. The maximum absolute atomic E-state index is 5.18. The maximum Gasteiger partial charge on any atom is 0.0936 e. The molecule has 0 radical (unpaired) electrons. The van der Waals surface area contributed by atoms with Crippen LogP contribution in [0.4, 0.5) is 0 Å². The highest BCUT2D eigenvalue weighted by Crippen LogP contribution is 2.10. The minimum absolute atomic E-state index is 0.498. The lowest BCUT2D eigenvalue weighted by Crippen LogP contribution is -2.25. The Bertz CT molecular complexity index is 272. The van der Waals surface area contributed by atoms with E-state index in [0.29, 0.717) is 6.10 Å². The summed E-state index contributed by atoms with van der Waals surface area (Å²) in [6, 6.07) is 4.14. The Morgan fingerprint density at radius 2 is 2.21 bits per heavy atom. The van der Waals surface area contributed by atoms with Gasteiger partial charge in [0.1, 0.15) is 0 Å². The second-order valence-corrected chi connectivity index (χ2v) is 3.82. The third-order valence-corrected chi connectivity index (χ3v) is 2.45. The molecule has 3 heteroatoms. The lowest BCUT2D eigenvalue weighted by Gasteiger charge is -2.14. The summed E-state index contributed by atoms with van der Waals surface area (Å²) in [5.41, 5.74) is 1.35. The van der Waals surface area contributed by atoms with Crippen molar-refractivity contribution in [3.05, 3.63) is 30.1 Å². The number of aromatic nitrogens is 1. The third-order valence-electron chi connectivity index (χ3n) is 2.45. The van der Waals surface area contributed by atoms with Gasteiger partial charge in [0.2, 0.25) is 0 Å². The van der Waals surface area contributed by atoms with Crippen LogP contribution in [-0.4, -0.2) is 42.7 Å². The molecule has 0 N–H and O–H groups in total. The first kappa shape index (κ1) is 9.62. The van der Waals surface area contributed by atoms with Crippen LogP contribution < -0.4 is 0 Å². The molecule has 1 atom stereocenters. The molecule has 1 fully saturated rings. The van der Waals surface area contributed by atoms with Gasteiger partial charge < -0.3 is 9.64 Å². The zero-order chi connectivity index (χ0) is 9.80. The minimum Gasteiger partial charge on any atom is -0.372 e. The van der Waals surface area contributed by atoms with Crippen molar-refractivity contribution in [2.24, 2.45) is 0 Å². The van der Waals surface area contributed by atoms with Gasteiger partial charge in [-0.3, -0.25) is 4.98 Å². The molecule has 2 rings (SSSR count). The Morgan fingerprint density at radius 1 is 1.50 bits per heavy atom. The third kappa shape index (κ3) is 3.09. The van der Waals surface area contributed by atoms with E-state index in [1.54, 1.807) is 0 Å². The summed E-state index contributed by atoms with van der Waals surface area (Å²) in [6.07, 6.45) is 5.28. The molecule has 0 amide bonds. The topological polar surface area (TPSA) is 28.7 Å². The Balaban J connectivity index is 1.70. The molecule has 0 saturated carbocycles. The van der Waals surface area contributed by atoms with Crippen molar-refractivity contribution in [3.63, 3.8) is 0 Å². The molecule has 76 valence electrons. The zero-order valence-electron chi connectivity index (χ0n) is 8.52. The number of pyridine rings is 1. The van der Waals surface area contributed by atoms with Crippen molar-refractivity contribution < 1.29 is 4.74 Å². The van der Waals surface area contributed by atoms with E-state index in [4.69, 9.17) is 4.74 Å². The summed E-state index contributed by atoms with van der Waals surface area (Å²) in [5.74, 6) is 0. The monoisotopic (exact) mass is 192 g/mol. The van der Waals surface area contributed by atoms with E-state index in [2.05, 4.69) is 29.1 Å². The Kier molecular flexibility index (Phi) is 3.11. The first-order valence-electron chi connectivity index (χ1n) is 5.03. The predicted molar refractivity (Wildman–Crippen MR) is 55.2 cm³/mol. The van der Waals surface area contributed by atoms with E-state index in [0.717, 1.165) is 26.1 Å². The molecule has 0 aromatic carbocycles. The van der Waals surface area contributed by atoms with Crippen LogP contribution >= 0.6 is 0 Å². The van der Waals surface area contributed by atoms with Gasteiger partial charge in [0, 0.05) is 25.5 Å². The van der Waals surface area contributed by atoms with Gasteiger partial charge in [0.25, 0.3) is 0 Å². The van der Waals surface area contributed by atoms with Crippen LogP contribution in [0.5, 0.6) is 0 Å². The maximum atomic E-state index is 5.18. The summed E-state index contributed by atoms with van der Waals surface area (Å²) >= 11 is 0. The molecule has 2 heterocycles. The van der Waals surface area contributed by atoms with Gasteiger partial charge in [-0.2, -0.15) is 0 Å². The molecule has 3 nitrogen and oxygen atoms in total. The van der Waals surface area contributed by atoms with Gasteiger partial charge in [-0.15, -0.1) is 0 Å². The molecule has 0 spiro atoms. The SMILES string of the molecule is CN(CCc1ccncc1)CC1CO1. The lowest BCUT2D eigenvalue weighted by atomic mass is 10.2. The number of likely N-dealkylation sites (N-methyl/N-ethyl adjacent to an activating group) is 1. The number of hydrogen-bond donors (Lipinski definition) is 0. The van der Waals surface area contributed by atoms with Gasteiger partial charge in [-0.1, -0.05) is 0 Å². The van der Waals surface area contributed by atoms with Gasteiger partial charge in [0.15, 0.2) is 0 Å². The molecule has 14 heavy (non-hydrogen) atoms. The van der Waals surface area contributed by atoms with E-state index < -0.39 is 0 Å². The smallest absolute Gasteiger partial charge is 0.0936 e. The number of ether oxygens (including phenoxy) is 1. The molecule has 1 aliphatic rings. The van der Waals surface area contributed by atoms with Crippen LogP contribution in [-0.2, 0) is 11.2 Å². The normalized spacial score (nSPS) is 20.0. The van der Waals surface area contributed by atoms with Crippen molar-refractivity contribution >= 4 is 0 Å². The number of rotatable bonds is 5. The van der Waals surface area contributed by atoms with Crippen LogP contribution in [0.1, 0.15) is 5.56 Å². The van der Waals surface area contributed by atoms with Crippen LogP contribution in [0.25, 0.3) is 0 Å². The van der Waals surface area contributed by atoms with Crippen LogP contribution in [0, 0.1) is 0 Å². The molecular weight excluding hydrogens is 176 g/mol. The van der Waals surface area contributed by atoms with Crippen molar-refractivity contribution in [1.82, 2.24) is 9.88 Å². The zero-order valence-corrected chi connectivity index (χ0v) is 8.52. The quantitative estimate of drug-likeness (QED) is 0.650. The molecule has 1 aliphatic heterocycles. The molecule has 1 aromatic heterocycles. The van der Waals surface area contributed by atoms with Crippen molar-refractivity contribution in [2.45, 2.75) is 12.5 Å². The van der Waals surface area contributed by atoms with Crippen molar-refractivity contribution in [1.29, 1.82) is 0 Å². The van der Waals surface area contributed by atoms with E-state index in [-0.39, 0.29) is 0 Å². The lowest BCUT2D eigenvalue weighted by molar-refractivity contribution is 0.286. The molecular formula is C11H16N2O. The van der Waals surface area contributed by atoms with Crippen LogP contribution in [0.3, 0.4) is 0 Å². The van der Waals surface area contributed by atoms with Gasteiger partial charge in [-0.05, 0) is 31.2 Å². The van der Waals surface area contributed by atoms with Crippen LogP contribution in [0.15, 0.2) is 24.5 Å². The standard InChI is InChI=1S/C11H16N2O/c1-13(8-11-9-14-11)7-4-10-2-5-12-6-3-10/h2-3,5-6,11H,4,7-9H2,1H3. The molecule has 1 unspecified atom stereocenters. The minimum atomic E-state index is 0.498. The fourth-order valence-corrected chi connectivity index (χ4v) is 1.48. The van der Waals surface area contributed by atoms with E-state index >= 15 is 0 Å². The summed E-state index contributed by atoms with van der Waals surface area (Å²) in [6.45, 7) is 3.09. The largest absolute Gasteiger partial charge is 0.372 e. The van der Waals surface area contributed by atoms with Crippen molar-refractivity contribution in [2.75, 3.05) is 26.7 Å². The fourth-order valence-electron chi connectivity index (χ4n) is 1.48. The number of hydrogen-bond acceptors (Lipinski definition) is 3. The first-order chi connectivity index (χ1) is 6.84. The number of nitrogens with zero attached hydrogens (tertiary/aromatic N) is 2. The summed E-state index contributed by atoms with van der Waals surface area (Å²) in [7, 11) is 2.14. The van der Waals surface area contributed by atoms with Gasteiger partial charge in [0.05, 0.1) is 12.7 Å². The van der Waals surface area contributed by atoms with Crippen molar-refractivity contribution in [3.8, 4) is 0 Å². The van der Waals surface area contributed by atoms with Gasteiger partial charge >= 0.3 is 0 Å². The fraction of sp³-hybridized carbons (Fsp3) is 0.545. The molecule has 1 saturated heterocycles. The predicted octanol–water partition coefficient (Wildman–Crippen LogP) is 0.955. The van der Waals surface area contributed by atoms with E-state index in [1.165, 1.54) is 5.56 Å². The second-order valence-electron chi connectivity index (χ2n) is 3.82.